The third kappa shape index (κ3) is 3.67. The molecule has 3 N–H and O–H groups in total. The molecule has 0 saturated carbocycles. The molecule has 0 spiro atoms. The van der Waals surface area contributed by atoms with Gasteiger partial charge in [0.25, 0.3) is 0 Å². The second-order valence-electron chi connectivity index (χ2n) is 6.67. The highest BCUT2D eigenvalue weighted by atomic mass is 16.3. The first-order valence-electron chi connectivity index (χ1n) is 7.32. The van der Waals surface area contributed by atoms with Crippen LogP contribution in [0.15, 0.2) is 24.3 Å². The minimum atomic E-state index is -0.402. The Morgan fingerprint density at radius 2 is 2.24 bits per heavy atom. The van der Waals surface area contributed by atoms with E-state index in [2.05, 4.69) is 25.8 Å². The van der Waals surface area contributed by atoms with Crippen molar-refractivity contribution in [3.8, 4) is 5.75 Å². The van der Waals surface area contributed by atoms with Gasteiger partial charge in [0, 0.05) is 19.1 Å². The lowest BCUT2D eigenvalue weighted by molar-refractivity contribution is 0.0329. The molecule has 1 unspecified atom stereocenters. The van der Waals surface area contributed by atoms with Gasteiger partial charge in [-0.1, -0.05) is 26.0 Å². The number of carbonyl (C=O) groups excluding carboxylic acids is 1. The van der Waals surface area contributed by atoms with Crippen LogP contribution in [0.1, 0.15) is 25.8 Å². The van der Waals surface area contributed by atoms with E-state index in [0.29, 0.717) is 6.54 Å². The number of rotatable bonds is 3. The van der Waals surface area contributed by atoms with Gasteiger partial charge in [-0.15, -0.1) is 0 Å². The van der Waals surface area contributed by atoms with E-state index < -0.39 is 6.03 Å². The molecule has 1 aliphatic rings. The third-order valence-corrected chi connectivity index (χ3v) is 4.29. The third-order valence-electron chi connectivity index (χ3n) is 4.29. The van der Waals surface area contributed by atoms with Crippen LogP contribution < -0.4 is 5.73 Å². The lowest BCUT2D eigenvalue weighted by atomic mass is 9.78. The lowest BCUT2D eigenvalue weighted by Crippen LogP contribution is -2.57. The van der Waals surface area contributed by atoms with Crippen LogP contribution in [-0.2, 0) is 6.54 Å². The summed E-state index contributed by atoms with van der Waals surface area (Å²) in [5.74, 6) is 0.208. The Hall–Kier alpha value is -1.75. The summed E-state index contributed by atoms with van der Waals surface area (Å²) in [6, 6.07) is 6.69. The van der Waals surface area contributed by atoms with Gasteiger partial charge in [0.1, 0.15) is 5.75 Å². The van der Waals surface area contributed by atoms with Crippen LogP contribution in [0.2, 0.25) is 0 Å². The van der Waals surface area contributed by atoms with Crippen LogP contribution in [0.4, 0.5) is 4.79 Å². The summed E-state index contributed by atoms with van der Waals surface area (Å²) >= 11 is 0. The van der Waals surface area contributed by atoms with Crippen molar-refractivity contribution < 1.29 is 9.90 Å². The number of nitrogens with two attached hydrogens (primary N) is 1. The number of piperidine rings is 1. The fraction of sp³-hybridized carbons (Fsp3) is 0.562. The molecule has 0 aliphatic carbocycles. The number of aromatic hydroxyl groups is 1. The quantitative estimate of drug-likeness (QED) is 0.895. The lowest BCUT2D eigenvalue weighted by Gasteiger charge is -2.47. The number of hydrogen-bond acceptors (Lipinski definition) is 3. The molecular formula is C16H25N3O2. The Kier molecular flexibility index (Phi) is 4.42. The standard InChI is InChI=1S/C16H25N3O2/c1-16(2)11-18(3)8-7-14(16)19(15(17)21)10-12-5-4-6-13(20)9-12/h4-6,9,14,20H,7-8,10-11H2,1-3H3,(H2,17,21). The zero-order valence-corrected chi connectivity index (χ0v) is 13.0. The molecule has 0 radical (unpaired) electrons. The predicted octanol–water partition coefficient (Wildman–Crippen LogP) is 2.00. The molecule has 1 aliphatic heterocycles. The van der Waals surface area contributed by atoms with Crippen LogP contribution in [0.5, 0.6) is 5.75 Å². The second kappa shape index (κ2) is 5.93. The van der Waals surface area contributed by atoms with E-state index in [1.54, 1.807) is 23.1 Å². The molecule has 1 heterocycles. The molecule has 1 fully saturated rings. The van der Waals surface area contributed by atoms with Crippen LogP contribution in [0.3, 0.4) is 0 Å². The molecule has 0 bridgehead atoms. The summed E-state index contributed by atoms with van der Waals surface area (Å²) in [4.78, 5) is 15.9. The summed E-state index contributed by atoms with van der Waals surface area (Å²) in [6.07, 6.45) is 0.908. The number of likely N-dealkylation sites (tertiary alicyclic amines) is 1. The van der Waals surface area contributed by atoms with Gasteiger partial charge in [0.15, 0.2) is 0 Å². The molecule has 1 aromatic carbocycles. The van der Waals surface area contributed by atoms with Crippen molar-refractivity contribution >= 4 is 6.03 Å². The van der Waals surface area contributed by atoms with Gasteiger partial charge in [0.2, 0.25) is 0 Å². The van der Waals surface area contributed by atoms with E-state index in [1.807, 2.05) is 6.07 Å². The topological polar surface area (TPSA) is 69.8 Å². The van der Waals surface area contributed by atoms with Crippen molar-refractivity contribution in [2.75, 3.05) is 20.1 Å². The van der Waals surface area contributed by atoms with Gasteiger partial charge in [-0.05, 0) is 43.1 Å². The molecule has 5 heteroatoms. The first kappa shape index (κ1) is 15.6. The monoisotopic (exact) mass is 291 g/mol. The number of benzene rings is 1. The average Bonchev–Trinajstić information content (AvgIpc) is 2.35. The van der Waals surface area contributed by atoms with Crippen molar-refractivity contribution in [1.29, 1.82) is 0 Å². The van der Waals surface area contributed by atoms with Crippen LogP contribution in [0.25, 0.3) is 0 Å². The molecule has 2 rings (SSSR count). The van der Waals surface area contributed by atoms with Crippen molar-refractivity contribution in [3.63, 3.8) is 0 Å². The molecule has 2 amide bonds. The van der Waals surface area contributed by atoms with Crippen LogP contribution in [0, 0.1) is 5.41 Å². The summed E-state index contributed by atoms with van der Waals surface area (Å²) in [6.45, 7) is 6.67. The maximum Gasteiger partial charge on any atom is 0.315 e. The zero-order valence-electron chi connectivity index (χ0n) is 13.0. The van der Waals surface area contributed by atoms with E-state index in [9.17, 15) is 9.90 Å². The molecule has 0 aromatic heterocycles. The molecule has 116 valence electrons. The van der Waals surface area contributed by atoms with Gasteiger partial charge >= 0.3 is 6.03 Å². The molecular weight excluding hydrogens is 266 g/mol. The predicted molar refractivity (Wildman–Crippen MR) is 82.9 cm³/mol. The van der Waals surface area contributed by atoms with Crippen molar-refractivity contribution in [3.05, 3.63) is 29.8 Å². The van der Waals surface area contributed by atoms with E-state index in [-0.39, 0.29) is 17.2 Å². The summed E-state index contributed by atoms with van der Waals surface area (Å²) in [7, 11) is 2.10. The highest BCUT2D eigenvalue weighted by molar-refractivity contribution is 5.72. The maximum absolute atomic E-state index is 11.9. The second-order valence-corrected chi connectivity index (χ2v) is 6.67. The van der Waals surface area contributed by atoms with Gasteiger partial charge < -0.3 is 20.6 Å². The van der Waals surface area contributed by atoms with E-state index in [4.69, 9.17) is 5.73 Å². The highest BCUT2D eigenvalue weighted by Crippen LogP contribution is 2.33. The van der Waals surface area contributed by atoms with Gasteiger partial charge in [-0.25, -0.2) is 4.79 Å². The maximum atomic E-state index is 11.9. The Bertz CT molecular complexity index is 516. The summed E-state index contributed by atoms with van der Waals surface area (Å²) < 4.78 is 0. The van der Waals surface area contributed by atoms with Crippen molar-refractivity contribution in [2.45, 2.75) is 32.9 Å². The van der Waals surface area contributed by atoms with Crippen LogP contribution >= 0.6 is 0 Å². The Balaban J connectivity index is 2.21. The van der Waals surface area contributed by atoms with Crippen LogP contribution in [-0.4, -0.2) is 47.1 Å². The molecule has 1 atom stereocenters. The minimum Gasteiger partial charge on any atom is -0.508 e. The SMILES string of the molecule is CN1CCC(N(Cc2cccc(O)c2)C(N)=O)C(C)(C)C1. The van der Waals surface area contributed by atoms with Crippen molar-refractivity contribution in [1.82, 2.24) is 9.80 Å². The average molecular weight is 291 g/mol. The number of phenolic OH excluding ortho intramolecular Hbond substituents is 1. The first-order chi connectivity index (χ1) is 9.79. The van der Waals surface area contributed by atoms with E-state index >= 15 is 0 Å². The van der Waals surface area contributed by atoms with E-state index in [1.165, 1.54) is 0 Å². The number of urea groups is 1. The minimum absolute atomic E-state index is 0.0150. The Morgan fingerprint density at radius 3 is 2.81 bits per heavy atom. The first-order valence-corrected chi connectivity index (χ1v) is 7.32. The fourth-order valence-electron chi connectivity index (χ4n) is 3.38. The normalized spacial score (nSPS) is 22.0. The summed E-state index contributed by atoms with van der Waals surface area (Å²) in [5.41, 5.74) is 6.50. The van der Waals surface area contributed by atoms with Gasteiger partial charge in [0.05, 0.1) is 0 Å². The zero-order chi connectivity index (χ0) is 15.6. The summed E-state index contributed by atoms with van der Waals surface area (Å²) in [5, 5.41) is 9.57. The highest BCUT2D eigenvalue weighted by Gasteiger charge is 2.39. The number of carbonyl (C=O) groups is 1. The Morgan fingerprint density at radius 1 is 1.52 bits per heavy atom. The molecule has 1 aromatic rings. The number of hydrogen-bond donors (Lipinski definition) is 2. The van der Waals surface area contributed by atoms with Gasteiger partial charge in [-0.3, -0.25) is 0 Å². The number of amides is 2. The van der Waals surface area contributed by atoms with Crippen molar-refractivity contribution in [2.24, 2.45) is 11.1 Å². The number of primary amides is 1. The fourth-order valence-corrected chi connectivity index (χ4v) is 3.38. The number of nitrogens with zero attached hydrogens (tertiary/aromatic N) is 2. The Labute approximate surface area is 126 Å². The van der Waals surface area contributed by atoms with Gasteiger partial charge in [-0.2, -0.15) is 0 Å². The molecule has 21 heavy (non-hydrogen) atoms. The number of phenols is 1. The van der Waals surface area contributed by atoms with E-state index in [0.717, 1.165) is 25.1 Å². The molecule has 1 saturated heterocycles. The molecule has 5 nitrogen and oxygen atoms in total. The smallest absolute Gasteiger partial charge is 0.315 e. The largest absolute Gasteiger partial charge is 0.508 e.